The number of carbonyl (C=O) groups excluding carboxylic acids is 2. The van der Waals surface area contributed by atoms with Crippen LogP contribution in [0.15, 0.2) is 22.2 Å². The van der Waals surface area contributed by atoms with Crippen LogP contribution in [0.5, 0.6) is 11.5 Å². The molecule has 22 heavy (non-hydrogen) atoms. The molecule has 1 rings (SSSR count). The van der Waals surface area contributed by atoms with Crippen LogP contribution in [-0.4, -0.2) is 25.7 Å². The Bertz CT molecular complexity index is 665. The van der Waals surface area contributed by atoms with Crippen molar-refractivity contribution >= 4 is 33.9 Å². The van der Waals surface area contributed by atoms with Crippen molar-refractivity contribution in [2.75, 3.05) is 13.7 Å². The van der Waals surface area contributed by atoms with Gasteiger partial charge in [0, 0.05) is 4.47 Å². The van der Waals surface area contributed by atoms with Gasteiger partial charge in [0.05, 0.1) is 13.7 Å². The van der Waals surface area contributed by atoms with E-state index in [9.17, 15) is 9.59 Å². The van der Waals surface area contributed by atoms with E-state index in [4.69, 9.17) is 20.5 Å². The monoisotopic (exact) mass is 367 g/mol. The summed E-state index contributed by atoms with van der Waals surface area (Å²) in [6, 6.07) is 3.94. The lowest BCUT2D eigenvalue weighted by molar-refractivity contribution is -0.115. The first kappa shape index (κ1) is 17.5. The van der Waals surface area contributed by atoms with Crippen molar-refractivity contribution < 1.29 is 19.1 Å². The summed E-state index contributed by atoms with van der Waals surface area (Å²) in [7, 11) is 1.50. The molecule has 0 aliphatic heterocycles. The fraction of sp³-hybridized carbons (Fsp3) is 0.214. The van der Waals surface area contributed by atoms with Gasteiger partial charge >= 0.3 is 6.03 Å². The van der Waals surface area contributed by atoms with E-state index in [1.54, 1.807) is 18.2 Å². The lowest BCUT2D eigenvalue weighted by atomic mass is 10.1. The van der Waals surface area contributed by atoms with E-state index in [1.807, 2.05) is 12.2 Å². The zero-order valence-corrected chi connectivity index (χ0v) is 13.6. The molecule has 0 aromatic heterocycles. The van der Waals surface area contributed by atoms with E-state index in [-0.39, 0.29) is 5.57 Å². The van der Waals surface area contributed by atoms with E-state index in [0.29, 0.717) is 28.1 Å². The van der Waals surface area contributed by atoms with E-state index >= 15 is 0 Å². The maximum Gasteiger partial charge on any atom is 0.319 e. The first-order valence-electron chi connectivity index (χ1n) is 6.15. The number of halogens is 1. The number of hydrogen-bond acceptors (Lipinski definition) is 5. The summed E-state index contributed by atoms with van der Waals surface area (Å²) in [5.41, 5.74) is 5.10. The molecule has 0 saturated heterocycles. The molecule has 3 amide bonds. The van der Waals surface area contributed by atoms with Crippen molar-refractivity contribution in [3.8, 4) is 17.6 Å². The SMILES string of the molecule is CCOc1cc(/C=C(/C#N)C(=O)NC(N)=O)c(Br)cc1OC. The van der Waals surface area contributed by atoms with Crippen LogP contribution in [0.4, 0.5) is 4.79 Å². The molecular formula is C14H14BrN3O4. The molecule has 1 aromatic carbocycles. The third-order valence-corrected chi connectivity index (χ3v) is 3.17. The maximum atomic E-state index is 11.7. The predicted molar refractivity (Wildman–Crippen MR) is 83.2 cm³/mol. The minimum Gasteiger partial charge on any atom is -0.493 e. The molecule has 8 heteroatoms. The van der Waals surface area contributed by atoms with Crippen LogP contribution in [0, 0.1) is 11.3 Å². The number of carbonyl (C=O) groups is 2. The number of ether oxygens (including phenoxy) is 2. The van der Waals surface area contributed by atoms with Gasteiger partial charge in [0.15, 0.2) is 11.5 Å². The minimum absolute atomic E-state index is 0.271. The van der Waals surface area contributed by atoms with Gasteiger partial charge in [-0.2, -0.15) is 5.26 Å². The summed E-state index contributed by atoms with van der Waals surface area (Å²) < 4.78 is 11.2. The molecule has 0 radical (unpaired) electrons. The summed E-state index contributed by atoms with van der Waals surface area (Å²) >= 11 is 3.32. The van der Waals surface area contributed by atoms with Crippen molar-refractivity contribution in [3.05, 3.63) is 27.7 Å². The van der Waals surface area contributed by atoms with Crippen LogP contribution in [0.25, 0.3) is 6.08 Å². The molecular weight excluding hydrogens is 354 g/mol. The molecule has 1 aromatic rings. The Morgan fingerprint density at radius 2 is 2.14 bits per heavy atom. The lowest BCUT2D eigenvalue weighted by Crippen LogP contribution is -2.35. The van der Waals surface area contributed by atoms with Crippen LogP contribution in [0.2, 0.25) is 0 Å². The molecule has 0 fully saturated rings. The van der Waals surface area contributed by atoms with Crippen LogP contribution >= 0.6 is 15.9 Å². The number of amides is 3. The highest BCUT2D eigenvalue weighted by molar-refractivity contribution is 9.10. The van der Waals surface area contributed by atoms with Crippen molar-refractivity contribution in [3.63, 3.8) is 0 Å². The Balaban J connectivity index is 3.27. The average molecular weight is 368 g/mol. The Morgan fingerprint density at radius 3 is 2.64 bits per heavy atom. The molecule has 0 bridgehead atoms. The highest BCUT2D eigenvalue weighted by Gasteiger charge is 2.14. The van der Waals surface area contributed by atoms with Crippen LogP contribution < -0.4 is 20.5 Å². The Labute approximate surface area is 135 Å². The van der Waals surface area contributed by atoms with Crippen LogP contribution in [0.1, 0.15) is 12.5 Å². The number of urea groups is 1. The number of primary amides is 1. The lowest BCUT2D eigenvalue weighted by Gasteiger charge is -2.11. The Hall–Kier alpha value is -2.53. The van der Waals surface area contributed by atoms with Crippen molar-refractivity contribution in [1.29, 1.82) is 5.26 Å². The zero-order chi connectivity index (χ0) is 16.7. The smallest absolute Gasteiger partial charge is 0.319 e. The average Bonchev–Trinajstić information content (AvgIpc) is 2.46. The Morgan fingerprint density at radius 1 is 1.45 bits per heavy atom. The van der Waals surface area contributed by atoms with Gasteiger partial charge in [-0.1, -0.05) is 15.9 Å². The predicted octanol–water partition coefficient (Wildman–Crippen LogP) is 1.96. The largest absolute Gasteiger partial charge is 0.493 e. The molecule has 0 saturated carbocycles. The molecule has 0 atom stereocenters. The van der Waals surface area contributed by atoms with Gasteiger partial charge in [0.2, 0.25) is 0 Å². The molecule has 0 unspecified atom stereocenters. The van der Waals surface area contributed by atoms with Gasteiger partial charge in [-0.3, -0.25) is 10.1 Å². The summed E-state index contributed by atoms with van der Waals surface area (Å²) in [6.45, 7) is 2.24. The van der Waals surface area contributed by atoms with Gasteiger partial charge in [-0.15, -0.1) is 0 Å². The second-order valence-corrected chi connectivity index (χ2v) is 4.80. The fourth-order valence-electron chi connectivity index (χ4n) is 1.57. The number of nitrogens with zero attached hydrogens (tertiary/aromatic N) is 1. The van der Waals surface area contributed by atoms with E-state index < -0.39 is 11.9 Å². The minimum atomic E-state index is -1.03. The molecule has 7 nitrogen and oxygen atoms in total. The molecule has 0 spiro atoms. The second-order valence-electron chi connectivity index (χ2n) is 3.95. The van der Waals surface area contributed by atoms with Crippen LogP contribution in [-0.2, 0) is 4.79 Å². The van der Waals surface area contributed by atoms with E-state index in [0.717, 1.165) is 0 Å². The molecule has 116 valence electrons. The molecule has 3 N–H and O–H groups in total. The summed E-state index contributed by atoms with van der Waals surface area (Å²) in [6.07, 6.45) is 1.31. The van der Waals surface area contributed by atoms with E-state index in [1.165, 1.54) is 13.2 Å². The molecule has 0 aliphatic carbocycles. The summed E-state index contributed by atoms with van der Waals surface area (Å²) in [5, 5.41) is 10.9. The topological polar surface area (TPSA) is 114 Å². The zero-order valence-electron chi connectivity index (χ0n) is 12.0. The number of benzene rings is 1. The number of methoxy groups -OCH3 is 1. The van der Waals surface area contributed by atoms with Crippen molar-refractivity contribution in [1.82, 2.24) is 5.32 Å². The second kappa shape index (κ2) is 8.05. The number of nitrogens with two attached hydrogens (primary N) is 1. The number of nitriles is 1. The third-order valence-electron chi connectivity index (χ3n) is 2.48. The summed E-state index contributed by atoms with van der Waals surface area (Å²) in [5.74, 6) is 0.0914. The van der Waals surface area contributed by atoms with Crippen molar-refractivity contribution in [2.24, 2.45) is 5.73 Å². The summed E-state index contributed by atoms with van der Waals surface area (Å²) in [4.78, 5) is 22.3. The fourth-order valence-corrected chi connectivity index (χ4v) is 2.01. The van der Waals surface area contributed by atoms with Crippen LogP contribution in [0.3, 0.4) is 0 Å². The van der Waals surface area contributed by atoms with Gasteiger partial charge < -0.3 is 15.2 Å². The quantitative estimate of drug-likeness (QED) is 0.609. The highest BCUT2D eigenvalue weighted by Crippen LogP contribution is 2.34. The highest BCUT2D eigenvalue weighted by atomic mass is 79.9. The van der Waals surface area contributed by atoms with Gasteiger partial charge in [-0.05, 0) is 30.7 Å². The number of rotatable bonds is 5. The molecule has 0 heterocycles. The Kier molecular flexibility index (Phi) is 6.41. The van der Waals surface area contributed by atoms with Crippen molar-refractivity contribution in [2.45, 2.75) is 6.92 Å². The maximum absolute atomic E-state index is 11.7. The first-order chi connectivity index (χ1) is 10.4. The van der Waals surface area contributed by atoms with Gasteiger partial charge in [0.25, 0.3) is 5.91 Å². The number of imide groups is 1. The standard InChI is InChI=1S/C14H14BrN3O4/c1-3-22-12-5-8(10(15)6-11(12)21-2)4-9(7-16)13(19)18-14(17)20/h4-6H,3H2,1-2H3,(H3,17,18,19,20)/b9-4-. The third kappa shape index (κ3) is 4.49. The van der Waals surface area contributed by atoms with Gasteiger partial charge in [0.1, 0.15) is 11.6 Å². The molecule has 0 aliphatic rings. The van der Waals surface area contributed by atoms with E-state index in [2.05, 4.69) is 15.9 Å². The number of nitrogens with one attached hydrogen (secondary N) is 1. The normalized spacial score (nSPS) is 10.5. The number of hydrogen-bond donors (Lipinski definition) is 2. The first-order valence-corrected chi connectivity index (χ1v) is 6.95. The van der Waals surface area contributed by atoms with Gasteiger partial charge in [-0.25, -0.2) is 4.79 Å².